The minimum atomic E-state index is 0.570. The third-order valence-electron chi connectivity index (χ3n) is 4.64. The van der Waals surface area contributed by atoms with E-state index in [2.05, 4.69) is 89.7 Å². The molecule has 3 aromatic rings. The first-order valence-electron chi connectivity index (χ1n) is 9.01. The van der Waals surface area contributed by atoms with E-state index in [1.165, 1.54) is 16.9 Å². The molecular weight excluding hydrogens is 304 g/mol. The average Bonchev–Trinajstić information content (AvgIpc) is 2.68. The van der Waals surface area contributed by atoms with Gasteiger partial charge in [0.2, 0.25) is 0 Å². The van der Waals surface area contributed by atoms with E-state index in [0.717, 1.165) is 25.8 Å². The SMILES string of the molecule is CN(CC(CCc1ccccc1)Cc1ccccn1)c1ccccc1. The Morgan fingerprint density at radius 3 is 2.20 bits per heavy atom. The van der Waals surface area contributed by atoms with Gasteiger partial charge in [-0.2, -0.15) is 0 Å². The molecular formula is C23H26N2. The van der Waals surface area contributed by atoms with Gasteiger partial charge in [-0.05, 0) is 55.0 Å². The van der Waals surface area contributed by atoms with Gasteiger partial charge in [-0.25, -0.2) is 0 Å². The summed E-state index contributed by atoms with van der Waals surface area (Å²) >= 11 is 0. The third-order valence-corrected chi connectivity index (χ3v) is 4.64. The van der Waals surface area contributed by atoms with Gasteiger partial charge in [-0.1, -0.05) is 54.6 Å². The van der Waals surface area contributed by atoms with Crippen LogP contribution in [0.4, 0.5) is 5.69 Å². The first-order valence-corrected chi connectivity index (χ1v) is 9.01. The molecule has 2 aromatic carbocycles. The van der Waals surface area contributed by atoms with Crippen LogP contribution in [0, 0.1) is 5.92 Å². The molecule has 1 heterocycles. The smallest absolute Gasteiger partial charge is 0.0407 e. The maximum Gasteiger partial charge on any atom is 0.0407 e. The Morgan fingerprint density at radius 2 is 1.52 bits per heavy atom. The summed E-state index contributed by atoms with van der Waals surface area (Å²) in [4.78, 5) is 6.89. The van der Waals surface area contributed by atoms with E-state index in [-0.39, 0.29) is 0 Å². The van der Waals surface area contributed by atoms with Gasteiger partial charge in [-0.3, -0.25) is 4.98 Å². The Hall–Kier alpha value is -2.61. The second kappa shape index (κ2) is 9.03. The first-order chi connectivity index (χ1) is 12.3. The van der Waals surface area contributed by atoms with Crippen LogP contribution in [0.3, 0.4) is 0 Å². The summed E-state index contributed by atoms with van der Waals surface area (Å²) in [6, 6.07) is 27.6. The number of para-hydroxylation sites is 1. The number of aryl methyl sites for hydroxylation is 1. The summed E-state index contributed by atoms with van der Waals surface area (Å²) in [5, 5.41) is 0. The summed E-state index contributed by atoms with van der Waals surface area (Å²) in [5.41, 5.74) is 3.87. The molecule has 25 heavy (non-hydrogen) atoms. The number of nitrogens with zero attached hydrogens (tertiary/aromatic N) is 2. The lowest BCUT2D eigenvalue weighted by atomic mass is 9.94. The molecule has 0 radical (unpaired) electrons. The Balaban J connectivity index is 1.67. The molecule has 0 saturated carbocycles. The summed E-state index contributed by atoms with van der Waals surface area (Å²) in [6.45, 7) is 1.04. The lowest BCUT2D eigenvalue weighted by Crippen LogP contribution is -2.27. The third kappa shape index (κ3) is 5.46. The zero-order chi connectivity index (χ0) is 17.3. The maximum atomic E-state index is 4.54. The van der Waals surface area contributed by atoms with Crippen LogP contribution in [0.5, 0.6) is 0 Å². The van der Waals surface area contributed by atoms with Crippen molar-refractivity contribution >= 4 is 5.69 Å². The normalized spacial score (nSPS) is 11.9. The standard InChI is InChI=1S/C23H26N2/c1-25(23-13-6-3-7-14-23)19-21(18-22-12-8-9-17-24-22)16-15-20-10-4-2-5-11-20/h2-14,17,21H,15-16,18-19H2,1H3. The Labute approximate surface area is 151 Å². The molecule has 128 valence electrons. The van der Waals surface area contributed by atoms with Gasteiger partial charge in [0.15, 0.2) is 0 Å². The summed E-state index contributed by atoms with van der Waals surface area (Å²) in [5.74, 6) is 0.570. The molecule has 0 aliphatic heterocycles. The second-order valence-electron chi connectivity index (χ2n) is 6.63. The van der Waals surface area contributed by atoms with Crippen molar-refractivity contribution in [2.45, 2.75) is 19.3 Å². The van der Waals surface area contributed by atoms with Gasteiger partial charge in [-0.15, -0.1) is 0 Å². The van der Waals surface area contributed by atoms with Gasteiger partial charge in [0.25, 0.3) is 0 Å². The zero-order valence-corrected chi connectivity index (χ0v) is 14.9. The topological polar surface area (TPSA) is 16.1 Å². The quantitative estimate of drug-likeness (QED) is 0.577. The summed E-state index contributed by atoms with van der Waals surface area (Å²) in [6.07, 6.45) is 5.19. The molecule has 0 aliphatic carbocycles. The zero-order valence-electron chi connectivity index (χ0n) is 14.9. The predicted molar refractivity (Wildman–Crippen MR) is 106 cm³/mol. The van der Waals surface area contributed by atoms with Crippen molar-refractivity contribution in [2.24, 2.45) is 5.92 Å². The molecule has 0 aliphatic rings. The highest BCUT2D eigenvalue weighted by Gasteiger charge is 2.14. The lowest BCUT2D eigenvalue weighted by Gasteiger charge is -2.26. The van der Waals surface area contributed by atoms with E-state index in [0.29, 0.717) is 5.92 Å². The summed E-state index contributed by atoms with van der Waals surface area (Å²) < 4.78 is 0. The van der Waals surface area contributed by atoms with Crippen LogP contribution < -0.4 is 4.90 Å². The molecule has 3 rings (SSSR count). The molecule has 2 heteroatoms. The van der Waals surface area contributed by atoms with E-state index in [1.807, 2.05) is 12.3 Å². The Kier molecular flexibility index (Phi) is 6.22. The molecule has 1 unspecified atom stereocenters. The van der Waals surface area contributed by atoms with E-state index in [4.69, 9.17) is 0 Å². The van der Waals surface area contributed by atoms with Crippen molar-refractivity contribution in [3.8, 4) is 0 Å². The number of pyridine rings is 1. The van der Waals surface area contributed by atoms with Crippen LogP contribution in [-0.2, 0) is 12.8 Å². The molecule has 2 nitrogen and oxygen atoms in total. The highest BCUT2D eigenvalue weighted by Crippen LogP contribution is 2.19. The van der Waals surface area contributed by atoms with Crippen molar-refractivity contribution in [2.75, 3.05) is 18.5 Å². The van der Waals surface area contributed by atoms with Gasteiger partial charge in [0.05, 0.1) is 0 Å². The van der Waals surface area contributed by atoms with Crippen molar-refractivity contribution < 1.29 is 0 Å². The van der Waals surface area contributed by atoms with Crippen LogP contribution in [-0.4, -0.2) is 18.6 Å². The van der Waals surface area contributed by atoms with Gasteiger partial charge in [0.1, 0.15) is 0 Å². The minimum Gasteiger partial charge on any atom is -0.374 e. The lowest BCUT2D eigenvalue weighted by molar-refractivity contribution is 0.479. The van der Waals surface area contributed by atoms with E-state index in [9.17, 15) is 0 Å². The number of benzene rings is 2. The van der Waals surface area contributed by atoms with Gasteiger partial charge in [0, 0.05) is 31.2 Å². The average molecular weight is 330 g/mol. The molecule has 0 N–H and O–H groups in total. The van der Waals surface area contributed by atoms with Gasteiger partial charge >= 0.3 is 0 Å². The summed E-state index contributed by atoms with van der Waals surface area (Å²) in [7, 11) is 2.18. The van der Waals surface area contributed by atoms with Crippen LogP contribution in [0.25, 0.3) is 0 Å². The monoisotopic (exact) mass is 330 g/mol. The molecule has 1 aromatic heterocycles. The molecule has 0 spiro atoms. The van der Waals surface area contributed by atoms with Crippen molar-refractivity contribution in [1.82, 2.24) is 4.98 Å². The van der Waals surface area contributed by atoms with Crippen molar-refractivity contribution in [3.63, 3.8) is 0 Å². The highest BCUT2D eigenvalue weighted by molar-refractivity contribution is 5.45. The minimum absolute atomic E-state index is 0.570. The van der Waals surface area contributed by atoms with Crippen LogP contribution in [0.2, 0.25) is 0 Å². The van der Waals surface area contributed by atoms with Crippen molar-refractivity contribution in [1.29, 1.82) is 0 Å². The van der Waals surface area contributed by atoms with E-state index in [1.54, 1.807) is 0 Å². The Bertz CT molecular complexity index is 726. The molecule has 0 saturated heterocycles. The fourth-order valence-electron chi connectivity index (χ4n) is 3.26. The van der Waals surface area contributed by atoms with Crippen LogP contribution in [0.15, 0.2) is 85.1 Å². The van der Waals surface area contributed by atoms with Crippen LogP contribution >= 0.6 is 0 Å². The maximum absolute atomic E-state index is 4.54. The molecule has 0 amide bonds. The number of aromatic nitrogens is 1. The molecule has 0 fully saturated rings. The number of rotatable bonds is 8. The van der Waals surface area contributed by atoms with Crippen LogP contribution in [0.1, 0.15) is 17.7 Å². The fraction of sp³-hybridized carbons (Fsp3) is 0.261. The first kappa shape index (κ1) is 17.2. The van der Waals surface area contributed by atoms with Crippen molar-refractivity contribution in [3.05, 3.63) is 96.3 Å². The number of hydrogen-bond donors (Lipinski definition) is 0. The van der Waals surface area contributed by atoms with E-state index < -0.39 is 0 Å². The largest absolute Gasteiger partial charge is 0.374 e. The Morgan fingerprint density at radius 1 is 0.840 bits per heavy atom. The molecule has 0 bridgehead atoms. The fourth-order valence-corrected chi connectivity index (χ4v) is 3.26. The second-order valence-corrected chi connectivity index (χ2v) is 6.63. The van der Waals surface area contributed by atoms with E-state index >= 15 is 0 Å². The molecule has 1 atom stereocenters. The van der Waals surface area contributed by atoms with Gasteiger partial charge < -0.3 is 4.90 Å². The number of hydrogen-bond acceptors (Lipinski definition) is 2. The number of anilines is 1. The highest BCUT2D eigenvalue weighted by atomic mass is 15.1. The predicted octanol–water partition coefficient (Wildman–Crippen LogP) is 5.01.